The molecule has 2 N–H and O–H groups in total. The highest BCUT2D eigenvalue weighted by molar-refractivity contribution is 7.99. The Labute approximate surface area is 121 Å². The van der Waals surface area contributed by atoms with Gasteiger partial charge in [0.25, 0.3) is 0 Å². The number of carbonyl (C=O) groups is 1. The molecule has 3 unspecified atom stereocenters. The molecule has 0 aromatic rings. The van der Waals surface area contributed by atoms with Crippen molar-refractivity contribution in [3.05, 3.63) is 0 Å². The topological polar surface area (TPSA) is 41.1 Å². The van der Waals surface area contributed by atoms with E-state index in [1.807, 2.05) is 11.8 Å². The van der Waals surface area contributed by atoms with Crippen molar-refractivity contribution in [3.8, 4) is 0 Å². The van der Waals surface area contributed by atoms with Gasteiger partial charge in [-0.2, -0.15) is 11.8 Å². The number of rotatable bonds is 6. The zero-order valence-electron chi connectivity index (χ0n) is 12.3. The van der Waals surface area contributed by atoms with E-state index < -0.39 is 0 Å². The fourth-order valence-electron chi connectivity index (χ4n) is 3.57. The summed E-state index contributed by atoms with van der Waals surface area (Å²) in [4.78, 5) is 12.7. The molecule has 1 amide bonds. The zero-order chi connectivity index (χ0) is 13.7. The predicted octanol–water partition coefficient (Wildman–Crippen LogP) is 2.56. The van der Waals surface area contributed by atoms with Gasteiger partial charge in [-0.1, -0.05) is 26.7 Å². The second-order valence-corrected chi connectivity index (χ2v) is 7.48. The Morgan fingerprint density at radius 3 is 2.89 bits per heavy atom. The second kappa shape index (κ2) is 6.98. The van der Waals surface area contributed by atoms with Gasteiger partial charge < -0.3 is 10.6 Å². The van der Waals surface area contributed by atoms with E-state index in [4.69, 9.17) is 0 Å². The summed E-state index contributed by atoms with van der Waals surface area (Å²) in [7, 11) is 0. The Kier molecular flexibility index (Phi) is 5.58. The Morgan fingerprint density at radius 2 is 2.26 bits per heavy atom. The molecular weight excluding hydrogens is 256 g/mol. The van der Waals surface area contributed by atoms with E-state index in [1.165, 1.54) is 19.3 Å². The van der Waals surface area contributed by atoms with Crippen LogP contribution in [0.5, 0.6) is 0 Å². The highest BCUT2D eigenvalue weighted by atomic mass is 32.2. The molecule has 1 saturated carbocycles. The summed E-state index contributed by atoms with van der Waals surface area (Å²) >= 11 is 2.01. The molecule has 1 heterocycles. The molecule has 1 aliphatic heterocycles. The summed E-state index contributed by atoms with van der Waals surface area (Å²) < 4.78 is 0. The second-order valence-electron chi connectivity index (χ2n) is 5.96. The summed E-state index contributed by atoms with van der Waals surface area (Å²) in [5.74, 6) is 1.46. The number of hydrogen-bond donors (Lipinski definition) is 2. The maximum atomic E-state index is 12.7. The first-order valence-electron chi connectivity index (χ1n) is 7.85. The molecule has 110 valence electrons. The number of amides is 1. The van der Waals surface area contributed by atoms with Crippen LogP contribution in [-0.4, -0.2) is 36.0 Å². The van der Waals surface area contributed by atoms with Gasteiger partial charge >= 0.3 is 0 Å². The molecule has 0 aromatic carbocycles. The molecule has 3 atom stereocenters. The van der Waals surface area contributed by atoms with Crippen molar-refractivity contribution in [1.82, 2.24) is 10.6 Å². The van der Waals surface area contributed by atoms with Crippen molar-refractivity contribution in [3.63, 3.8) is 0 Å². The minimum absolute atomic E-state index is 0.126. The van der Waals surface area contributed by atoms with Gasteiger partial charge in [0.05, 0.1) is 5.41 Å². The van der Waals surface area contributed by atoms with E-state index in [0.717, 1.165) is 38.1 Å². The standard InChI is InChI=1S/C15H28N2OS/c1-3-8-15(9-10-16-11-15)14(18)17-12-6-5-7-13(12)19-4-2/h12-13,16H,3-11H2,1-2H3,(H,17,18). The van der Waals surface area contributed by atoms with Crippen LogP contribution >= 0.6 is 11.8 Å². The average Bonchev–Trinajstić information content (AvgIpc) is 3.01. The molecule has 0 radical (unpaired) electrons. The first kappa shape index (κ1) is 15.2. The predicted molar refractivity (Wildman–Crippen MR) is 82.5 cm³/mol. The molecule has 2 rings (SSSR count). The van der Waals surface area contributed by atoms with Gasteiger partial charge in [0.15, 0.2) is 0 Å². The van der Waals surface area contributed by atoms with Gasteiger partial charge in [0.2, 0.25) is 5.91 Å². The van der Waals surface area contributed by atoms with E-state index in [-0.39, 0.29) is 5.41 Å². The van der Waals surface area contributed by atoms with E-state index >= 15 is 0 Å². The molecule has 2 aliphatic rings. The fourth-order valence-corrected chi connectivity index (χ4v) is 4.77. The van der Waals surface area contributed by atoms with Crippen LogP contribution in [0.15, 0.2) is 0 Å². The van der Waals surface area contributed by atoms with Gasteiger partial charge in [0.1, 0.15) is 0 Å². The lowest BCUT2D eigenvalue weighted by molar-refractivity contribution is -0.131. The number of hydrogen-bond acceptors (Lipinski definition) is 3. The third kappa shape index (κ3) is 3.46. The van der Waals surface area contributed by atoms with E-state index in [0.29, 0.717) is 17.2 Å². The molecule has 3 nitrogen and oxygen atoms in total. The first-order chi connectivity index (χ1) is 9.22. The van der Waals surface area contributed by atoms with Gasteiger partial charge in [-0.15, -0.1) is 0 Å². The lowest BCUT2D eigenvalue weighted by Gasteiger charge is -2.30. The summed E-state index contributed by atoms with van der Waals surface area (Å²) in [5.41, 5.74) is -0.126. The molecule has 2 fully saturated rings. The highest BCUT2D eigenvalue weighted by Gasteiger charge is 2.42. The third-order valence-corrected chi connectivity index (χ3v) is 5.93. The minimum atomic E-state index is -0.126. The normalized spacial score (nSPS) is 34.6. The number of nitrogens with one attached hydrogen (secondary N) is 2. The summed E-state index contributed by atoms with van der Waals surface area (Å²) in [6.45, 7) is 6.25. The van der Waals surface area contributed by atoms with E-state index in [9.17, 15) is 4.79 Å². The summed E-state index contributed by atoms with van der Waals surface area (Å²) in [5, 5.41) is 7.40. The molecule has 0 spiro atoms. The van der Waals surface area contributed by atoms with Gasteiger partial charge in [-0.25, -0.2) is 0 Å². The van der Waals surface area contributed by atoms with Crippen LogP contribution < -0.4 is 10.6 Å². The highest BCUT2D eigenvalue weighted by Crippen LogP contribution is 2.34. The maximum absolute atomic E-state index is 12.7. The van der Waals surface area contributed by atoms with Crippen molar-refractivity contribution in [1.29, 1.82) is 0 Å². The molecule has 1 saturated heterocycles. The lowest BCUT2D eigenvalue weighted by atomic mass is 9.81. The number of carbonyl (C=O) groups excluding carboxylic acids is 1. The summed E-state index contributed by atoms with van der Waals surface area (Å²) in [6, 6.07) is 0.409. The van der Waals surface area contributed by atoms with Crippen LogP contribution in [0, 0.1) is 5.41 Å². The molecule has 19 heavy (non-hydrogen) atoms. The third-order valence-electron chi connectivity index (χ3n) is 4.60. The Hall–Kier alpha value is -0.220. The van der Waals surface area contributed by atoms with Crippen LogP contribution in [0.2, 0.25) is 0 Å². The largest absolute Gasteiger partial charge is 0.352 e. The quantitative estimate of drug-likeness (QED) is 0.787. The molecule has 0 aromatic heterocycles. The van der Waals surface area contributed by atoms with Crippen LogP contribution in [0.25, 0.3) is 0 Å². The minimum Gasteiger partial charge on any atom is -0.352 e. The van der Waals surface area contributed by atoms with Crippen molar-refractivity contribution in [2.45, 2.75) is 63.7 Å². The molecule has 0 bridgehead atoms. The van der Waals surface area contributed by atoms with E-state index in [2.05, 4.69) is 24.5 Å². The maximum Gasteiger partial charge on any atom is 0.227 e. The smallest absolute Gasteiger partial charge is 0.227 e. The molecule has 1 aliphatic carbocycles. The Balaban J connectivity index is 1.95. The van der Waals surface area contributed by atoms with Crippen molar-refractivity contribution >= 4 is 17.7 Å². The van der Waals surface area contributed by atoms with Crippen LogP contribution in [0.1, 0.15) is 52.4 Å². The van der Waals surface area contributed by atoms with Crippen molar-refractivity contribution in [2.24, 2.45) is 5.41 Å². The van der Waals surface area contributed by atoms with E-state index in [1.54, 1.807) is 0 Å². The van der Waals surface area contributed by atoms with Gasteiger partial charge in [-0.05, 0) is 38.0 Å². The van der Waals surface area contributed by atoms with Gasteiger partial charge in [-0.3, -0.25) is 4.79 Å². The van der Waals surface area contributed by atoms with Crippen LogP contribution in [0.4, 0.5) is 0 Å². The SMILES string of the molecule is CCCC1(C(=O)NC2CCCC2SCC)CCNC1. The average molecular weight is 284 g/mol. The Morgan fingerprint density at radius 1 is 1.42 bits per heavy atom. The van der Waals surface area contributed by atoms with Crippen molar-refractivity contribution in [2.75, 3.05) is 18.8 Å². The van der Waals surface area contributed by atoms with Crippen LogP contribution in [-0.2, 0) is 4.79 Å². The molecule has 4 heteroatoms. The zero-order valence-corrected chi connectivity index (χ0v) is 13.2. The van der Waals surface area contributed by atoms with Crippen LogP contribution in [0.3, 0.4) is 0 Å². The number of thioether (sulfide) groups is 1. The fraction of sp³-hybridized carbons (Fsp3) is 0.933. The van der Waals surface area contributed by atoms with Crippen molar-refractivity contribution < 1.29 is 4.79 Å². The monoisotopic (exact) mass is 284 g/mol. The first-order valence-corrected chi connectivity index (χ1v) is 8.90. The molecular formula is C15H28N2OS. The van der Waals surface area contributed by atoms with Gasteiger partial charge in [0, 0.05) is 17.8 Å². The lowest BCUT2D eigenvalue weighted by Crippen LogP contribution is -2.48. The Bertz CT molecular complexity index is 303. The summed E-state index contributed by atoms with van der Waals surface area (Å²) in [6.07, 6.45) is 6.81.